The summed E-state index contributed by atoms with van der Waals surface area (Å²) in [6, 6.07) is 4.45. The molecule has 4 unspecified atom stereocenters. The van der Waals surface area contributed by atoms with Gasteiger partial charge in [0.05, 0.1) is 6.10 Å². The molecular formula is C15H18FNO2. The minimum Gasteiger partial charge on any atom is -0.486 e. The van der Waals surface area contributed by atoms with Crippen LogP contribution in [0.5, 0.6) is 5.75 Å². The zero-order valence-corrected chi connectivity index (χ0v) is 10.8. The molecule has 1 spiro atoms. The highest BCUT2D eigenvalue weighted by Crippen LogP contribution is 2.49. The fourth-order valence-corrected chi connectivity index (χ4v) is 3.99. The van der Waals surface area contributed by atoms with Gasteiger partial charge in [-0.2, -0.15) is 0 Å². The smallest absolute Gasteiger partial charge is 0.128 e. The van der Waals surface area contributed by atoms with Crippen LogP contribution >= 0.6 is 0 Å². The van der Waals surface area contributed by atoms with E-state index in [1.54, 1.807) is 6.07 Å². The van der Waals surface area contributed by atoms with E-state index >= 15 is 0 Å². The van der Waals surface area contributed by atoms with Crippen molar-refractivity contribution in [2.24, 2.45) is 5.92 Å². The number of fused-ring (bicyclic) bond motifs is 4. The molecule has 0 radical (unpaired) electrons. The maximum atomic E-state index is 13.4. The summed E-state index contributed by atoms with van der Waals surface area (Å²) >= 11 is 0. The average molecular weight is 263 g/mol. The summed E-state index contributed by atoms with van der Waals surface area (Å²) in [7, 11) is 0. The largest absolute Gasteiger partial charge is 0.486 e. The van der Waals surface area contributed by atoms with E-state index in [9.17, 15) is 9.50 Å². The van der Waals surface area contributed by atoms with Crippen molar-refractivity contribution >= 4 is 0 Å². The Balaban J connectivity index is 1.73. The van der Waals surface area contributed by atoms with Crippen LogP contribution in [0.15, 0.2) is 18.2 Å². The van der Waals surface area contributed by atoms with E-state index in [4.69, 9.17) is 4.74 Å². The Labute approximate surface area is 112 Å². The van der Waals surface area contributed by atoms with Crippen molar-refractivity contribution in [1.29, 1.82) is 0 Å². The Bertz CT molecular complexity index is 521. The third-order valence-electron chi connectivity index (χ3n) is 5.05. The van der Waals surface area contributed by atoms with Gasteiger partial charge in [-0.05, 0) is 25.1 Å². The van der Waals surface area contributed by atoms with Crippen LogP contribution in [0, 0.1) is 11.7 Å². The third-order valence-corrected chi connectivity index (χ3v) is 5.05. The molecule has 2 fully saturated rings. The first-order valence-electron chi connectivity index (χ1n) is 7.05. The highest BCUT2D eigenvalue weighted by molar-refractivity contribution is 5.39. The molecule has 102 valence electrons. The van der Waals surface area contributed by atoms with Crippen LogP contribution in [-0.2, 0) is 0 Å². The van der Waals surface area contributed by atoms with E-state index in [0.717, 1.165) is 38.0 Å². The van der Waals surface area contributed by atoms with Gasteiger partial charge in [0.1, 0.15) is 17.2 Å². The predicted molar refractivity (Wildman–Crippen MR) is 68.5 cm³/mol. The number of hydrogen-bond acceptors (Lipinski definition) is 3. The second-order valence-electron chi connectivity index (χ2n) is 6.11. The molecule has 3 aliphatic rings. The average Bonchev–Trinajstić information content (AvgIpc) is 2.79. The number of piperidine rings is 1. The SMILES string of the molecule is OC1CC2(CCN3CCC2C3)Oc2cc(F)ccc21. The van der Waals surface area contributed by atoms with Crippen LogP contribution in [0.1, 0.15) is 30.9 Å². The topological polar surface area (TPSA) is 32.7 Å². The Hall–Kier alpha value is -1.13. The third kappa shape index (κ3) is 1.70. The lowest BCUT2D eigenvalue weighted by Crippen LogP contribution is -2.53. The van der Waals surface area contributed by atoms with Crippen LogP contribution in [0.25, 0.3) is 0 Å². The van der Waals surface area contributed by atoms with Crippen molar-refractivity contribution < 1.29 is 14.2 Å². The van der Waals surface area contributed by atoms with Gasteiger partial charge in [0.15, 0.2) is 0 Å². The van der Waals surface area contributed by atoms with Crippen molar-refractivity contribution in [3.05, 3.63) is 29.6 Å². The number of hydrogen-bond donors (Lipinski definition) is 1. The summed E-state index contributed by atoms with van der Waals surface area (Å²) in [5.74, 6) is 0.707. The number of halogens is 1. The summed E-state index contributed by atoms with van der Waals surface area (Å²) in [5.41, 5.74) is 0.445. The van der Waals surface area contributed by atoms with E-state index < -0.39 is 6.10 Å². The second-order valence-corrected chi connectivity index (χ2v) is 6.11. The zero-order valence-electron chi connectivity index (χ0n) is 10.8. The number of aliphatic hydroxyl groups excluding tert-OH is 1. The first kappa shape index (κ1) is 11.7. The van der Waals surface area contributed by atoms with Gasteiger partial charge in [0, 0.05) is 43.5 Å². The van der Waals surface area contributed by atoms with Gasteiger partial charge in [-0.3, -0.25) is 0 Å². The maximum absolute atomic E-state index is 13.4. The molecule has 0 aliphatic carbocycles. The molecule has 0 aromatic heterocycles. The van der Waals surface area contributed by atoms with E-state index in [-0.39, 0.29) is 11.4 Å². The van der Waals surface area contributed by atoms with Gasteiger partial charge >= 0.3 is 0 Å². The molecule has 1 N–H and O–H groups in total. The zero-order chi connectivity index (χ0) is 13.0. The lowest BCUT2D eigenvalue weighted by atomic mass is 9.75. The molecule has 4 rings (SSSR count). The molecule has 4 heteroatoms. The fraction of sp³-hybridized carbons (Fsp3) is 0.600. The highest BCUT2D eigenvalue weighted by Gasteiger charge is 2.51. The molecule has 0 amide bonds. The Morgan fingerprint density at radius 1 is 1.37 bits per heavy atom. The Morgan fingerprint density at radius 2 is 2.26 bits per heavy atom. The molecule has 2 bridgehead atoms. The van der Waals surface area contributed by atoms with Crippen LogP contribution in [0.4, 0.5) is 4.39 Å². The van der Waals surface area contributed by atoms with Crippen molar-refractivity contribution in [2.75, 3.05) is 19.6 Å². The number of aliphatic hydroxyl groups is 1. The summed E-state index contributed by atoms with van der Waals surface area (Å²) in [4.78, 5) is 2.45. The quantitative estimate of drug-likeness (QED) is 0.778. The first-order valence-corrected chi connectivity index (χ1v) is 7.05. The lowest BCUT2D eigenvalue weighted by molar-refractivity contribution is -0.0737. The monoisotopic (exact) mass is 263 g/mol. The van der Waals surface area contributed by atoms with Gasteiger partial charge in [-0.15, -0.1) is 0 Å². The predicted octanol–water partition coefficient (Wildman–Crippen LogP) is 2.11. The molecule has 3 aliphatic heterocycles. The number of rotatable bonds is 0. The molecular weight excluding hydrogens is 245 g/mol. The van der Waals surface area contributed by atoms with Gasteiger partial charge in [0.25, 0.3) is 0 Å². The molecule has 2 saturated heterocycles. The summed E-state index contributed by atoms with van der Waals surface area (Å²) in [5, 5.41) is 10.4. The van der Waals surface area contributed by atoms with E-state index in [2.05, 4.69) is 4.90 Å². The molecule has 0 saturated carbocycles. The fourth-order valence-electron chi connectivity index (χ4n) is 3.99. The van der Waals surface area contributed by atoms with Gasteiger partial charge in [-0.1, -0.05) is 0 Å². The first-order chi connectivity index (χ1) is 9.16. The summed E-state index contributed by atoms with van der Waals surface area (Å²) < 4.78 is 19.6. The normalized spacial score (nSPS) is 40.0. The molecule has 19 heavy (non-hydrogen) atoms. The minimum absolute atomic E-state index is 0.285. The van der Waals surface area contributed by atoms with Crippen LogP contribution in [-0.4, -0.2) is 35.2 Å². The Morgan fingerprint density at radius 3 is 3.16 bits per heavy atom. The van der Waals surface area contributed by atoms with Crippen molar-refractivity contribution in [2.45, 2.75) is 31.0 Å². The molecule has 3 nitrogen and oxygen atoms in total. The molecule has 4 atom stereocenters. The number of ether oxygens (including phenoxy) is 1. The van der Waals surface area contributed by atoms with Crippen LogP contribution in [0.2, 0.25) is 0 Å². The maximum Gasteiger partial charge on any atom is 0.128 e. The van der Waals surface area contributed by atoms with Crippen LogP contribution in [0.3, 0.4) is 0 Å². The van der Waals surface area contributed by atoms with Gasteiger partial charge in [-0.25, -0.2) is 4.39 Å². The van der Waals surface area contributed by atoms with E-state index in [1.165, 1.54) is 12.1 Å². The molecule has 1 aromatic rings. The van der Waals surface area contributed by atoms with Crippen molar-refractivity contribution in [1.82, 2.24) is 4.90 Å². The standard InChI is InChI=1S/C15H18FNO2/c16-11-1-2-12-13(18)8-15(19-14(12)7-11)4-6-17-5-3-10(15)9-17/h1-2,7,10,13,18H,3-6,8-9H2. The molecule has 1 aromatic carbocycles. The summed E-state index contributed by atoms with van der Waals surface area (Å²) in [6.45, 7) is 3.20. The molecule has 3 heterocycles. The van der Waals surface area contributed by atoms with E-state index in [0.29, 0.717) is 18.1 Å². The summed E-state index contributed by atoms with van der Waals surface area (Å²) in [6.07, 6.45) is 2.17. The van der Waals surface area contributed by atoms with E-state index in [1.807, 2.05) is 0 Å². The van der Waals surface area contributed by atoms with Gasteiger partial charge in [0.2, 0.25) is 0 Å². The Kier molecular flexibility index (Phi) is 2.42. The highest BCUT2D eigenvalue weighted by atomic mass is 19.1. The van der Waals surface area contributed by atoms with Crippen molar-refractivity contribution in [3.63, 3.8) is 0 Å². The van der Waals surface area contributed by atoms with Crippen molar-refractivity contribution in [3.8, 4) is 5.75 Å². The van der Waals surface area contributed by atoms with Gasteiger partial charge < -0.3 is 14.7 Å². The second kappa shape index (κ2) is 3.93. The number of benzene rings is 1. The minimum atomic E-state index is -0.531. The number of nitrogens with zero attached hydrogens (tertiary/aromatic N) is 1. The lowest BCUT2D eigenvalue weighted by Gasteiger charge is -2.47. The van der Waals surface area contributed by atoms with Crippen LogP contribution < -0.4 is 4.74 Å².